The topological polar surface area (TPSA) is 51.7 Å². The summed E-state index contributed by atoms with van der Waals surface area (Å²) in [5, 5.41) is 0.657. The first kappa shape index (κ1) is 19.9. The number of rotatable bonds is 7. The average Bonchev–Trinajstić information content (AvgIpc) is 3.22. The van der Waals surface area contributed by atoms with Crippen LogP contribution in [0, 0.1) is 0 Å². The van der Waals surface area contributed by atoms with Crippen molar-refractivity contribution in [3.05, 3.63) is 78.4 Å². The lowest BCUT2D eigenvalue weighted by Gasteiger charge is -2.20. The number of carbonyl (C=O) groups excluding carboxylic acids is 1. The zero-order valence-corrected chi connectivity index (χ0v) is 17.7. The van der Waals surface area contributed by atoms with Crippen LogP contribution in [0.1, 0.15) is 12.0 Å². The van der Waals surface area contributed by atoms with Crippen molar-refractivity contribution >= 4 is 38.3 Å². The molecule has 0 aliphatic carbocycles. The Morgan fingerprint density at radius 3 is 2.43 bits per heavy atom. The number of amides is 1. The summed E-state index contributed by atoms with van der Waals surface area (Å²) in [6.07, 6.45) is 0.994. The fraction of sp³-hybridized carbons (Fsp3) is 0.167. The predicted molar refractivity (Wildman–Crippen MR) is 121 cm³/mol. The highest BCUT2D eigenvalue weighted by Gasteiger charge is 2.22. The summed E-state index contributed by atoms with van der Waals surface area (Å²) in [6, 6.07) is 23.2. The molecule has 152 valence electrons. The summed E-state index contributed by atoms with van der Waals surface area (Å²) >= 11 is 1.51. The molecule has 30 heavy (non-hydrogen) atoms. The Bertz CT molecular complexity index is 1120. The molecule has 0 atom stereocenters. The van der Waals surface area contributed by atoms with Crippen LogP contribution in [0.5, 0.6) is 11.5 Å². The number of para-hydroxylation sites is 1. The van der Waals surface area contributed by atoms with Gasteiger partial charge in [0.2, 0.25) is 5.91 Å². The second-order valence-electron chi connectivity index (χ2n) is 6.74. The minimum absolute atomic E-state index is 0.0156. The van der Waals surface area contributed by atoms with E-state index in [2.05, 4.69) is 0 Å². The maximum absolute atomic E-state index is 13.3. The van der Waals surface area contributed by atoms with E-state index in [-0.39, 0.29) is 5.91 Å². The van der Waals surface area contributed by atoms with Gasteiger partial charge < -0.3 is 9.47 Å². The van der Waals surface area contributed by atoms with Crippen LogP contribution in [0.25, 0.3) is 10.2 Å². The first-order chi connectivity index (χ1) is 14.7. The lowest BCUT2D eigenvalue weighted by atomic mass is 10.1. The number of aromatic nitrogens is 1. The van der Waals surface area contributed by atoms with E-state index in [0.29, 0.717) is 23.7 Å². The molecule has 1 aromatic heterocycles. The van der Waals surface area contributed by atoms with Crippen molar-refractivity contribution in [1.29, 1.82) is 0 Å². The second kappa shape index (κ2) is 8.97. The van der Waals surface area contributed by atoms with Gasteiger partial charge in [-0.05, 0) is 48.4 Å². The predicted octanol–water partition coefficient (Wildman–Crippen LogP) is 5.61. The molecule has 1 amide bonds. The second-order valence-corrected chi connectivity index (χ2v) is 7.75. The van der Waals surface area contributed by atoms with Crippen molar-refractivity contribution in [3.63, 3.8) is 0 Å². The van der Waals surface area contributed by atoms with Crippen LogP contribution in [0.15, 0.2) is 72.8 Å². The summed E-state index contributed by atoms with van der Waals surface area (Å²) in [7, 11) is 3.26. The molecule has 0 radical (unpaired) electrons. The number of benzene rings is 3. The molecular weight excluding hydrogens is 396 g/mol. The van der Waals surface area contributed by atoms with Gasteiger partial charge in [-0.25, -0.2) is 4.98 Å². The largest absolute Gasteiger partial charge is 0.497 e. The highest BCUT2D eigenvalue weighted by atomic mass is 32.1. The van der Waals surface area contributed by atoms with Crippen molar-refractivity contribution in [2.75, 3.05) is 19.1 Å². The number of anilines is 2. The molecule has 0 N–H and O–H groups in total. The summed E-state index contributed by atoms with van der Waals surface area (Å²) in [4.78, 5) is 19.7. The van der Waals surface area contributed by atoms with Gasteiger partial charge in [-0.3, -0.25) is 9.69 Å². The Labute approximate surface area is 179 Å². The standard InChI is InChI=1S/C24H22N2O3S/c1-28-19-13-10-17(11-14-19)12-15-23(27)26(18-6-5-7-20(16-18)29-2)24-25-21-8-3-4-9-22(21)30-24/h3-11,13-14,16H,12,15H2,1-2H3. The normalized spacial score (nSPS) is 10.7. The lowest BCUT2D eigenvalue weighted by Crippen LogP contribution is -2.26. The van der Waals surface area contributed by atoms with Gasteiger partial charge in [0.05, 0.1) is 30.1 Å². The van der Waals surface area contributed by atoms with Crippen molar-refractivity contribution in [3.8, 4) is 11.5 Å². The van der Waals surface area contributed by atoms with E-state index < -0.39 is 0 Å². The van der Waals surface area contributed by atoms with Crippen molar-refractivity contribution < 1.29 is 14.3 Å². The Morgan fingerprint density at radius 2 is 1.70 bits per heavy atom. The van der Waals surface area contributed by atoms with Crippen LogP contribution in [0.3, 0.4) is 0 Å². The smallest absolute Gasteiger partial charge is 0.233 e. The number of ether oxygens (including phenoxy) is 2. The first-order valence-corrected chi connectivity index (χ1v) is 10.4. The summed E-state index contributed by atoms with van der Waals surface area (Å²) in [5.41, 5.74) is 2.71. The molecule has 0 bridgehead atoms. The number of hydrogen-bond acceptors (Lipinski definition) is 5. The van der Waals surface area contributed by atoms with Gasteiger partial charge in [0.15, 0.2) is 5.13 Å². The number of nitrogens with zero attached hydrogens (tertiary/aromatic N) is 2. The lowest BCUT2D eigenvalue weighted by molar-refractivity contribution is -0.117. The van der Waals surface area contributed by atoms with Gasteiger partial charge in [-0.2, -0.15) is 0 Å². The van der Waals surface area contributed by atoms with Crippen LogP contribution >= 0.6 is 11.3 Å². The molecule has 0 unspecified atom stereocenters. The SMILES string of the molecule is COc1ccc(CCC(=O)N(c2cccc(OC)c2)c2nc3ccccc3s2)cc1. The van der Waals surface area contributed by atoms with E-state index in [1.54, 1.807) is 19.1 Å². The highest BCUT2D eigenvalue weighted by molar-refractivity contribution is 7.22. The van der Waals surface area contributed by atoms with Crippen LogP contribution in [-0.2, 0) is 11.2 Å². The Balaban J connectivity index is 1.64. The van der Waals surface area contributed by atoms with E-state index in [9.17, 15) is 4.79 Å². The van der Waals surface area contributed by atoms with E-state index >= 15 is 0 Å². The molecule has 0 saturated carbocycles. The maximum atomic E-state index is 13.3. The van der Waals surface area contributed by atoms with Gasteiger partial charge in [0, 0.05) is 12.5 Å². The van der Waals surface area contributed by atoms with E-state index in [1.807, 2.05) is 72.8 Å². The third-order valence-corrected chi connectivity index (χ3v) is 5.84. The van der Waals surface area contributed by atoms with Crippen molar-refractivity contribution in [1.82, 2.24) is 4.98 Å². The molecule has 3 aromatic carbocycles. The van der Waals surface area contributed by atoms with Crippen LogP contribution < -0.4 is 14.4 Å². The molecule has 5 nitrogen and oxygen atoms in total. The molecule has 0 aliphatic rings. The van der Waals surface area contributed by atoms with Gasteiger partial charge in [-0.15, -0.1) is 0 Å². The summed E-state index contributed by atoms with van der Waals surface area (Å²) in [6.45, 7) is 0. The highest BCUT2D eigenvalue weighted by Crippen LogP contribution is 2.35. The summed E-state index contributed by atoms with van der Waals surface area (Å²) in [5.74, 6) is 1.48. The van der Waals surface area contributed by atoms with E-state index in [0.717, 1.165) is 27.2 Å². The van der Waals surface area contributed by atoms with Gasteiger partial charge >= 0.3 is 0 Å². The zero-order valence-electron chi connectivity index (χ0n) is 16.9. The Hall–Kier alpha value is -3.38. The molecule has 1 heterocycles. The molecule has 0 spiro atoms. The quantitative estimate of drug-likeness (QED) is 0.391. The third-order valence-electron chi connectivity index (χ3n) is 4.82. The Kier molecular flexibility index (Phi) is 5.95. The minimum Gasteiger partial charge on any atom is -0.497 e. The molecular formula is C24H22N2O3S. The summed E-state index contributed by atoms with van der Waals surface area (Å²) < 4.78 is 11.6. The number of carbonyl (C=O) groups is 1. The number of aryl methyl sites for hydroxylation is 1. The van der Waals surface area contributed by atoms with Crippen LogP contribution in [0.2, 0.25) is 0 Å². The van der Waals surface area contributed by atoms with Gasteiger partial charge in [0.1, 0.15) is 11.5 Å². The van der Waals surface area contributed by atoms with Crippen molar-refractivity contribution in [2.24, 2.45) is 0 Å². The van der Waals surface area contributed by atoms with E-state index in [4.69, 9.17) is 14.5 Å². The maximum Gasteiger partial charge on any atom is 0.233 e. The average molecular weight is 419 g/mol. The molecule has 0 aliphatic heterocycles. The van der Waals surface area contributed by atoms with E-state index in [1.165, 1.54) is 11.3 Å². The van der Waals surface area contributed by atoms with Gasteiger partial charge in [-0.1, -0.05) is 41.7 Å². The fourth-order valence-corrected chi connectivity index (χ4v) is 4.23. The minimum atomic E-state index is -0.0156. The molecule has 0 saturated heterocycles. The zero-order chi connectivity index (χ0) is 20.9. The first-order valence-electron chi connectivity index (χ1n) is 9.63. The molecule has 0 fully saturated rings. The number of thiazole rings is 1. The van der Waals surface area contributed by atoms with Crippen molar-refractivity contribution in [2.45, 2.75) is 12.8 Å². The van der Waals surface area contributed by atoms with Crippen LogP contribution in [-0.4, -0.2) is 25.1 Å². The molecule has 4 aromatic rings. The third kappa shape index (κ3) is 4.28. The molecule has 6 heteroatoms. The number of hydrogen-bond donors (Lipinski definition) is 0. The fourth-order valence-electron chi connectivity index (χ4n) is 3.22. The monoisotopic (exact) mass is 418 g/mol. The Morgan fingerprint density at radius 1 is 0.933 bits per heavy atom. The molecule has 4 rings (SSSR count). The van der Waals surface area contributed by atoms with Gasteiger partial charge in [0.25, 0.3) is 0 Å². The van der Waals surface area contributed by atoms with Crippen LogP contribution in [0.4, 0.5) is 10.8 Å². The number of fused-ring (bicyclic) bond motifs is 1. The number of methoxy groups -OCH3 is 2.